The zero-order valence-corrected chi connectivity index (χ0v) is 18.2. The van der Waals surface area contributed by atoms with Gasteiger partial charge in [-0.05, 0) is 66.6 Å². The molecule has 0 N–H and O–H groups in total. The summed E-state index contributed by atoms with van der Waals surface area (Å²) in [6.45, 7) is 3.38. The summed E-state index contributed by atoms with van der Waals surface area (Å²) in [6, 6.07) is 18.8. The van der Waals surface area contributed by atoms with Crippen LogP contribution < -0.4 is 9.47 Å². The first kappa shape index (κ1) is 22.3. The van der Waals surface area contributed by atoms with Gasteiger partial charge >= 0.3 is 0 Å². The molecule has 0 bridgehead atoms. The molecule has 1 atom stereocenters. The van der Waals surface area contributed by atoms with Crippen molar-refractivity contribution < 1.29 is 19.0 Å². The lowest BCUT2D eigenvalue weighted by Gasteiger charge is -2.24. The van der Waals surface area contributed by atoms with E-state index < -0.39 is 0 Å². The highest BCUT2D eigenvalue weighted by atomic mass is 16.5. The van der Waals surface area contributed by atoms with E-state index in [1.165, 1.54) is 0 Å². The van der Waals surface area contributed by atoms with Crippen molar-refractivity contribution in [3.8, 4) is 11.5 Å². The first-order valence-corrected chi connectivity index (χ1v) is 10.2. The smallest absolute Gasteiger partial charge is 0.254 e. The number of hydrogen-bond acceptors (Lipinski definition) is 5. The molecule has 1 amide bonds. The number of aromatic nitrogens is 1. The van der Waals surface area contributed by atoms with Gasteiger partial charge < -0.3 is 19.1 Å². The van der Waals surface area contributed by atoms with Crippen LogP contribution in [0, 0.1) is 0 Å². The van der Waals surface area contributed by atoms with Gasteiger partial charge in [-0.2, -0.15) is 0 Å². The van der Waals surface area contributed by atoms with Crippen LogP contribution in [0.2, 0.25) is 0 Å². The van der Waals surface area contributed by atoms with Crippen LogP contribution in [0.4, 0.5) is 0 Å². The fraction of sp³-hybridized carbons (Fsp3) is 0.280. The van der Waals surface area contributed by atoms with Crippen molar-refractivity contribution >= 4 is 5.91 Å². The van der Waals surface area contributed by atoms with E-state index >= 15 is 0 Å². The van der Waals surface area contributed by atoms with E-state index in [0.29, 0.717) is 31.0 Å². The molecule has 0 spiro atoms. The number of ether oxygens (including phenoxy) is 3. The van der Waals surface area contributed by atoms with Gasteiger partial charge in [0.05, 0.1) is 13.7 Å². The molecule has 6 heteroatoms. The first-order chi connectivity index (χ1) is 15.1. The molecule has 0 radical (unpaired) electrons. The SMILES string of the molecule is COCC(C)Oc1cccc(CN(Cc2ccncc2)C(=O)c2ccc(OC)cc2)c1. The summed E-state index contributed by atoms with van der Waals surface area (Å²) in [5.41, 5.74) is 2.60. The number of nitrogens with zero attached hydrogens (tertiary/aromatic N) is 2. The van der Waals surface area contributed by atoms with Crippen LogP contribution >= 0.6 is 0 Å². The van der Waals surface area contributed by atoms with Crippen LogP contribution in [-0.4, -0.2) is 42.7 Å². The van der Waals surface area contributed by atoms with E-state index in [4.69, 9.17) is 14.2 Å². The van der Waals surface area contributed by atoms with Gasteiger partial charge in [-0.15, -0.1) is 0 Å². The molecule has 3 aromatic rings. The van der Waals surface area contributed by atoms with Crippen LogP contribution in [0.1, 0.15) is 28.4 Å². The fourth-order valence-corrected chi connectivity index (χ4v) is 3.26. The molecule has 1 unspecified atom stereocenters. The number of hydrogen-bond donors (Lipinski definition) is 0. The molecule has 1 aromatic heterocycles. The molecule has 0 aliphatic rings. The maximum absolute atomic E-state index is 13.3. The molecule has 31 heavy (non-hydrogen) atoms. The van der Waals surface area contributed by atoms with E-state index in [1.807, 2.05) is 48.2 Å². The van der Waals surface area contributed by atoms with Gasteiger partial charge in [-0.3, -0.25) is 9.78 Å². The van der Waals surface area contributed by atoms with Crippen molar-refractivity contribution in [3.63, 3.8) is 0 Å². The third-order valence-corrected chi connectivity index (χ3v) is 4.76. The molecule has 3 rings (SSSR count). The Morgan fingerprint density at radius 1 is 0.935 bits per heavy atom. The molecule has 0 saturated carbocycles. The summed E-state index contributed by atoms with van der Waals surface area (Å²) in [5, 5.41) is 0. The lowest BCUT2D eigenvalue weighted by molar-refractivity contribution is 0.0729. The lowest BCUT2D eigenvalue weighted by Crippen LogP contribution is -2.30. The third-order valence-electron chi connectivity index (χ3n) is 4.76. The fourth-order valence-electron chi connectivity index (χ4n) is 3.26. The molecule has 0 aliphatic carbocycles. The number of methoxy groups -OCH3 is 2. The van der Waals surface area contributed by atoms with Crippen molar-refractivity contribution in [2.24, 2.45) is 0 Å². The van der Waals surface area contributed by atoms with E-state index in [0.717, 1.165) is 16.9 Å². The summed E-state index contributed by atoms with van der Waals surface area (Å²) in [4.78, 5) is 19.2. The number of carbonyl (C=O) groups is 1. The Hall–Kier alpha value is -3.38. The average Bonchev–Trinajstić information content (AvgIpc) is 2.79. The molecule has 6 nitrogen and oxygen atoms in total. The summed E-state index contributed by atoms with van der Waals surface area (Å²) >= 11 is 0. The maximum atomic E-state index is 13.3. The Balaban J connectivity index is 1.81. The minimum atomic E-state index is -0.0610. The van der Waals surface area contributed by atoms with Gasteiger partial charge in [0.25, 0.3) is 5.91 Å². The average molecular weight is 421 g/mol. The Bertz CT molecular complexity index is 961. The first-order valence-electron chi connectivity index (χ1n) is 10.2. The number of pyridine rings is 1. The second kappa shape index (κ2) is 11.1. The van der Waals surface area contributed by atoms with Crippen LogP contribution in [0.3, 0.4) is 0 Å². The molecular formula is C25H28N2O4. The topological polar surface area (TPSA) is 60.9 Å². The standard InChI is InChI=1S/C25H28N2O4/c1-19(18-29-2)31-24-6-4-5-21(15-24)17-27(16-20-11-13-26-14-12-20)25(28)22-7-9-23(30-3)10-8-22/h4-15,19H,16-18H2,1-3H3. The number of carbonyl (C=O) groups excluding carboxylic acids is 1. The van der Waals surface area contributed by atoms with Crippen molar-refractivity contribution in [3.05, 3.63) is 89.7 Å². The highest BCUT2D eigenvalue weighted by Crippen LogP contribution is 2.20. The normalized spacial score (nSPS) is 11.6. The molecule has 162 valence electrons. The quantitative estimate of drug-likeness (QED) is 0.488. The minimum Gasteiger partial charge on any atom is -0.497 e. The molecule has 0 aliphatic heterocycles. The van der Waals surface area contributed by atoms with Crippen molar-refractivity contribution in [1.29, 1.82) is 0 Å². The van der Waals surface area contributed by atoms with Crippen LogP contribution in [0.15, 0.2) is 73.1 Å². The van der Waals surface area contributed by atoms with Crippen molar-refractivity contribution in [1.82, 2.24) is 9.88 Å². The number of rotatable bonds is 10. The van der Waals surface area contributed by atoms with Gasteiger partial charge in [-0.1, -0.05) is 12.1 Å². The Morgan fingerprint density at radius 3 is 2.32 bits per heavy atom. The minimum absolute atomic E-state index is 0.0569. The molecule has 0 fully saturated rings. The van der Waals surface area contributed by atoms with Crippen molar-refractivity contribution in [2.75, 3.05) is 20.8 Å². The Morgan fingerprint density at radius 2 is 1.65 bits per heavy atom. The summed E-state index contributed by atoms with van der Waals surface area (Å²) < 4.78 is 16.3. The number of benzene rings is 2. The zero-order valence-electron chi connectivity index (χ0n) is 18.2. The van der Waals surface area contributed by atoms with E-state index in [2.05, 4.69) is 4.98 Å². The van der Waals surface area contributed by atoms with Crippen LogP contribution in [0.25, 0.3) is 0 Å². The summed E-state index contributed by atoms with van der Waals surface area (Å²) in [5.74, 6) is 1.41. The Kier molecular flexibility index (Phi) is 8.01. The van der Waals surface area contributed by atoms with Gasteiger partial charge in [0.1, 0.15) is 17.6 Å². The summed E-state index contributed by atoms with van der Waals surface area (Å²) in [7, 11) is 3.26. The second-order valence-corrected chi connectivity index (χ2v) is 7.28. The van der Waals surface area contributed by atoms with Gasteiger partial charge in [0, 0.05) is 38.2 Å². The van der Waals surface area contributed by atoms with E-state index in [-0.39, 0.29) is 12.0 Å². The van der Waals surface area contributed by atoms with Crippen molar-refractivity contribution in [2.45, 2.75) is 26.1 Å². The largest absolute Gasteiger partial charge is 0.497 e. The molecule has 2 aromatic carbocycles. The number of amides is 1. The lowest BCUT2D eigenvalue weighted by atomic mass is 10.1. The van der Waals surface area contributed by atoms with E-state index in [1.54, 1.807) is 50.9 Å². The van der Waals surface area contributed by atoms with Crippen LogP contribution in [-0.2, 0) is 17.8 Å². The third kappa shape index (κ3) is 6.55. The van der Waals surface area contributed by atoms with E-state index in [9.17, 15) is 4.79 Å². The predicted octanol–water partition coefficient (Wildman–Crippen LogP) is 4.35. The monoisotopic (exact) mass is 420 g/mol. The van der Waals surface area contributed by atoms with Gasteiger partial charge in [0.2, 0.25) is 0 Å². The molecular weight excluding hydrogens is 392 g/mol. The highest BCUT2D eigenvalue weighted by molar-refractivity contribution is 5.94. The van der Waals surface area contributed by atoms with Crippen LogP contribution in [0.5, 0.6) is 11.5 Å². The highest BCUT2D eigenvalue weighted by Gasteiger charge is 2.17. The molecule has 0 saturated heterocycles. The maximum Gasteiger partial charge on any atom is 0.254 e. The molecule has 1 heterocycles. The summed E-state index contributed by atoms with van der Waals surface area (Å²) in [6.07, 6.45) is 3.41. The van der Waals surface area contributed by atoms with Gasteiger partial charge in [-0.25, -0.2) is 0 Å². The second-order valence-electron chi connectivity index (χ2n) is 7.28. The zero-order chi connectivity index (χ0) is 22.1. The van der Waals surface area contributed by atoms with Gasteiger partial charge in [0.15, 0.2) is 0 Å². The predicted molar refractivity (Wildman–Crippen MR) is 119 cm³/mol. The Labute approximate surface area is 183 Å².